The van der Waals surface area contributed by atoms with E-state index >= 15 is 0 Å². The first kappa shape index (κ1) is 29.3. The third kappa shape index (κ3) is 12.7. The van der Waals surface area contributed by atoms with Crippen LogP contribution in [0.3, 0.4) is 0 Å². The molecule has 0 aromatic rings. The summed E-state index contributed by atoms with van der Waals surface area (Å²) < 4.78 is 0. The van der Waals surface area contributed by atoms with Gasteiger partial charge < -0.3 is 26.8 Å². The van der Waals surface area contributed by atoms with E-state index < -0.39 is 24.2 Å². The number of aliphatic hydroxyl groups is 1. The number of hydrogen-bond acceptors (Lipinski definition) is 5. The van der Waals surface area contributed by atoms with Gasteiger partial charge in [0.1, 0.15) is 12.1 Å². The van der Waals surface area contributed by atoms with Crippen LogP contribution in [0.1, 0.15) is 80.6 Å². The van der Waals surface area contributed by atoms with Gasteiger partial charge in [0.15, 0.2) is 0 Å². The van der Waals surface area contributed by atoms with Crippen LogP contribution in [-0.4, -0.2) is 53.6 Å². The predicted octanol–water partition coefficient (Wildman–Crippen LogP) is 1.70. The number of nitrogens with two attached hydrogens (primary N) is 1. The van der Waals surface area contributed by atoms with Crippen molar-refractivity contribution in [1.82, 2.24) is 16.0 Å². The predicted molar refractivity (Wildman–Crippen MR) is 124 cm³/mol. The van der Waals surface area contributed by atoms with Crippen LogP contribution in [0.15, 0.2) is 0 Å². The first-order valence-corrected chi connectivity index (χ1v) is 11.7. The summed E-state index contributed by atoms with van der Waals surface area (Å²) in [5.74, 6) is -0.532. The maximum atomic E-state index is 13.0. The van der Waals surface area contributed by atoms with Crippen molar-refractivity contribution in [3.8, 4) is 0 Å². The molecule has 8 nitrogen and oxygen atoms in total. The van der Waals surface area contributed by atoms with Crippen LogP contribution in [0.25, 0.3) is 0 Å². The summed E-state index contributed by atoms with van der Waals surface area (Å²) in [6, 6.07) is -1.87. The largest absolute Gasteiger partial charge is 0.391 e. The Bertz CT molecular complexity index is 550. The molecule has 0 fully saturated rings. The zero-order valence-corrected chi connectivity index (χ0v) is 20.5. The molecule has 0 aromatic carbocycles. The minimum atomic E-state index is -0.754. The van der Waals surface area contributed by atoms with Crippen molar-refractivity contribution >= 4 is 17.7 Å². The van der Waals surface area contributed by atoms with Gasteiger partial charge in [0, 0.05) is 6.42 Å². The zero-order valence-electron chi connectivity index (χ0n) is 20.5. The molecular weight excluding hydrogens is 396 g/mol. The van der Waals surface area contributed by atoms with E-state index in [1.54, 1.807) is 6.92 Å². The van der Waals surface area contributed by atoms with E-state index in [4.69, 9.17) is 5.73 Å². The second-order valence-corrected chi connectivity index (χ2v) is 9.72. The number of aliphatic hydroxyl groups excluding tert-OH is 1. The lowest BCUT2D eigenvalue weighted by molar-refractivity contribution is -0.133. The van der Waals surface area contributed by atoms with Gasteiger partial charge in [0.05, 0.1) is 12.1 Å². The average Bonchev–Trinajstić information content (AvgIpc) is 2.63. The highest BCUT2D eigenvalue weighted by molar-refractivity contribution is 5.92. The molecule has 31 heavy (non-hydrogen) atoms. The van der Waals surface area contributed by atoms with E-state index in [1.807, 2.05) is 41.5 Å². The molecule has 0 aliphatic heterocycles. The Hall–Kier alpha value is -1.67. The van der Waals surface area contributed by atoms with Crippen molar-refractivity contribution in [2.75, 3.05) is 6.54 Å². The summed E-state index contributed by atoms with van der Waals surface area (Å²) >= 11 is 0. The maximum absolute atomic E-state index is 13.0. The molecular formula is C23H46N4O4. The number of nitrogens with one attached hydrogen (secondary N) is 3. The third-order valence-electron chi connectivity index (χ3n) is 5.07. The second-order valence-electron chi connectivity index (χ2n) is 9.72. The number of hydrogen-bond donors (Lipinski definition) is 5. The van der Waals surface area contributed by atoms with E-state index in [-0.39, 0.29) is 29.6 Å². The Labute approximate surface area is 188 Å². The number of unbranched alkanes of at least 4 members (excludes halogenated alkanes) is 1. The van der Waals surface area contributed by atoms with Gasteiger partial charge in [0.25, 0.3) is 0 Å². The average molecular weight is 443 g/mol. The summed E-state index contributed by atoms with van der Waals surface area (Å²) in [7, 11) is 0. The summed E-state index contributed by atoms with van der Waals surface area (Å²) in [4.78, 5) is 38.2. The molecule has 8 heteroatoms. The van der Waals surface area contributed by atoms with Crippen LogP contribution in [0, 0.1) is 17.8 Å². The second kappa shape index (κ2) is 15.2. The maximum Gasteiger partial charge on any atom is 0.243 e. The molecule has 0 saturated carbocycles. The normalized spacial score (nSPS) is 15.5. The SMILES string of the molecule is CC(C)CC(=O)N[C@H](C(=O)N[C@@H](CCCCN)C(=O)N[C@@H](CC(C)C)[C@H](C)O)C(C)C. The monoisotopic (exact) mass is 442 g/mol. The lowest BCUT2D eigenvalue weighted by atomic mass is 9.98. The minimum Gasteiger partial charge on any atom is -0.391 e. The van der Waals surface area contributed by atoms with E-state index in [9.17, 15) is 19.5 Å². The molecule has 6 N–H and O–H groups in total. The Kier molecular flexibility index (Phi) is 14.4. The molecule has 0 saturated heterocycles. The lowest BCUT2D eigenvalue weighted by Gasteiger charge is -2.28. The molecule has 0 bridgehead atoms. The van der Waals surface area contributed by atoms with Crippen molar-refractivity contribution in [1.29, 1.82) is 0 Å². The number of amides is 3. The fraction of sp³-hybridized carbons (Fsp3) is 0.870. The lowest BCUT2D eigenvalue weighted by Crippen LogP contribution is -2.57. The fourth-order valence-electron chi connectivity index (χ4n) is 3.33. The highest BCUT2D eigenvalue weighted by Gasteiger charge is 2.30. The summed E-state index contributed by atoms with van der Waals surface area (Å²) in [5.41, 5.74) is 5.58. The van der Waals surface area contributed by atoms with E-state index in [0.717, 1.165) is 6.42 Å². The van der Waals surface area contributed by atoms with Crippen LogP contribution in [-0.2, 0) is 14.4 Å². The van der Waals surface area contributed by atoms with E-state index in [0.29, 0.717) is 38.1 Å². The van der Waals surface area contributed by atoms with E-state index in [1.165, 1.54) is 0 Å². The Morgan fingerprint density at radius 3 is 1.90 bits per heavy atom. The van der Waals surface area contributed by atoms with Crippen LogP contribution < -0.4 is 21.7 Å². The van der Waals surface area contributed by atoms with Gasteiger partial charge in [-0.3, -0.25) is 14.4 Å². The molecule has 0 unspecified atom stereocenters. The minimum absolute atomic E-state index is 0.130. The van der Waals surface area contributed by atoms with Gasteiger partial charge in [-0.1, -0.05) is 41.5 Å². The molecule has 0 aliphatic rings. The van der Waals surface area contributed by atoms with Crippen LogP contribution in [0.5, 0.6) is 0 Å². The van der Waals surface area contributed by atoms with E-state index in [2.05, 4.69) is 16.0 Å². The summed E-state index contributed by atoms with van der Waals surface area (Å²) in [5, 5.41) is 18.6. The van der Waals surface area contributed by atoms with Gasteiger partial charge in [-0.05, 0) is 56.9 Å². The van der Waals surface area contributed by atoms with Gasteiger partial charge >= 0.3 is 0 Å². The molecule has 0 rings (SSSR count). The molecule has 0 aromatic heterocycles. The van der Waals surface area contributed by atoms with Crippen molar-refractivity contribution in [3.63, 3.8) is 0 Å². The third-order valence-corrected chi connectivity index (χ3v) is 5.07. The first-order valence-electron chi connectivity index (χ1n) is 11.7. The van der Waals surface area contributed by atoms with Gasteiger partial charge in [0.2, 0.25) is 17.7 Å². The number of carbonyl (C=O) groups is 3. The molecule has 3 amide bonds. The van der Waals surface area contributed by atoms with Crippen LogP contribution in [0.4, 0.5) is 0 Å². The topological polar surface area (TPSA) is 134 Å². The number of rotatable bonds is 15. The summed E-state index contributed by atoms with van der Waals surface area (Å²) in [6.07, 6.45) is 2.13. The van der Waals surface area contributed by atoms with Crippen LogP contribution in [0.2, 0.25) is 0 Å². The van der Waals surface area contributed by atoms with Crippen molar-refractivity contribution in [2.24, 2.45) is 23.5 Å². The fourth-order valence-corrected chi connectivity index (χ4v) is 3.33. The Morgan fingerprint density at radius 2 is 1.45 bits per heavy atom. The van der Waals surface area contributed by atoms with Gasteiger partial charge in [-0.15, -0.1) is 0 Å². The quantitative estimate of drug-likeness (QED) is 0.246. The van der Waals surface area contributed by atoms with Crippen molar-refractivity contribution in [3.05, 3.63) is 0 Å². The van der Waals surface area contributed by atoms with Crippen molar-refractivity contribution < 1.29 is 19.5 Å². The molecule has 0 aliphatic carbocycles. The van der Waals surface area contributed by atoms with Gasteiger partial charge in [-0.25, -0.2) is 0 Å². The molecule has 0 spiro atoms. The smallest absolute Gasteiger partial charge is 0.243 e. The molecule has 0 heterocycles. The first-order chi connectivity index (χ1) is 14.4. The summed E-state index contributed by atoms with van der Waals surface area (Å²) in [6.45, 7) is 13.8. The number of carbonyl (C=O) groups excluding carboxylic acids is 3. The zero-order chi connectivity index (χ0) is 24.1. The highest BCUT2D eigenvalue weighted by Crippen LogP contribution is 2.11. The molecule has 182 valence electrons. The van der Waals surface area contributed by atoms with Gasteiger partial charge in [-0.2, -0.15) is 0 Å². The van der Waals surface area contributed by atoms with Crippen LogP contribution >= 0.6 is 0 Å². The standard InChI is InChI=1S/C23H46N4O4/c1-14(2)12-19(17(7)28)26-22(30)18(10-8-9-11-24)25-23(31)21(16(5)6)27-20(29)13-15(3)4/h14-19,21,28H,8-13,24H2,1-7H3,(H,25,31)(H,26,30)(H,27,29)/t17-,18-,19-,21-/m0/s1. The molecule has 0 radical (unpaired) electrons. The molecule has 4 atom stereocenters. The van der Waals surface area contributed by atoms with Crippen molar-refractivity contribution in [2.45, 2.75) is 105 Å². The Morgan fingerprint density at radius 1 is 0.839 bits per heavy atom. The Balaban J connectivity index is 5.33. The highest BCUT2D eigenvalue weighted by atomic mass is 16.3.